The highest BCUT2D eigenvalue weighted by atomic mass is 35.5. The van der Waals surface area contributed by atoms with Crippen LogP contribution < -0.4 is 10.1 Å². The standard InChI is InChI=1S/C26H32Cl2N2O4S/c1-3-26(4-2)15-23(20-9-5-6-10-24(20)34-26)29-25(31)19-8-7-13-30(16-19)35(32,33)17-18-11-12-21(27)22(28)14-18/h5-6,9-12,14,19,23H,3-4,7-8,13,15-17H2,1-2H3,(H,29,31)/t19-,23+/m0/s1. The van der Waals surface area contributed by atoms with E-state index in [0.717, 1.165) is 24.2 Å². The molecule has 2 atom stereocenters. The topological polar surface area (TPSA) is 75.7 Å². The van der Waals surface area contributed by atoms with E-state index < -0.39 is 15.9 Å². The van der Waals surface area contributed by atoms with E-state index in [2.05, 4.69) is 19.2 Å². The Morgan fingerprint density at radius 1 is 1.14 bits per heavy atom. The highest BCUT2D eigenvalue weighted by molar-refractivity contribution is 7.88. The van der Waals surface area contributed by atoms with Crippen LogP contribution in [0.15, 0.2) is 42.5 Å². The maximum absolute atomic E-state index is 13.4. The quantitative estimate of drug-likeness (QED) is 0.488. The number of hydrogen-bond donors (Lipinski definition) is 1. The number of piperidine rings is 1. The molecule has 0 spiro atoms. The fourth-order valence-corrected chi connectivity index (χ4v) is 6.98. The molecule has 0 bridgehead atoms. The van der Waals surface area contributed by atoms with Gasteiger partial charge in [-0.25, -0.2) is 12.7 Å². The minimum absolute atomic E-state index is 0.109. The molecule has 1 N–H and O–H groups in total. The Balaban J connectivity index is 1.47. The van der Waals surface area contributed by atoms with Crippen LogP contribution in [-0.2, 0) is 20.6 Å². The summed E-state index contributed by atoms with van der Waals surface area (Å²) in [6, 6.07) is 12.5. The van der Waals surface area contributed by atoms with Crippen LogP contribution in [0.1, 0.15) is 63.1 Å². The first-order valence-corrected chi connectivity index (χ1v) is 14.5. The third-order valence-electron chi connectivity index (χ3n) is 7.28. The number of rotatable bonds is 7. The van der Waals surface area contributed by atoms with Gasteiger partial charge in [-0.3, -0.25) is 4.79 Å². The van der Waals surface area contributed by atoms with Crippen molar-refractivity contribution in [1.82, 2.24) is 9.62 Å². The van der Waals surface area contributed by atoms with Crippen LogP contribution in [0.25, 0.3) is 0 Å². The van der Waals surface area contributed by atoms with Crippen molar-refractivity contribution in [2.75, 3.05) is 13.1 Å². The van der Waals surface area contributed by atoms with Gasteiger partial charge in [0.2, 0.25) is 15.9 Å². The molecule has 4 rings (SSSR count). The van der Waals surface area contributed by atoms with Crippen LogP contribution in [0.5, 0.6) is 5.75 Å². The molecule has 9 heteroatoms. The fourth-order valence-electron chi connectivity index (χ4n) is 5.06. The van der Waals surface area contributed by atoms with E-state index in [9.17, 15) is 13.2 Å². The van der Waals surface area contributed by atoms with Gasteiger partial charge in [0.1, 0.15) is 11.4 Å². The zero-order valence-corrected chi connectivity index (χ0v) is 22.4. The molecule has 2 aliphatic rings. The van der Waals surface area contributed by atoms with Crippen LogP contribution >= 0.6 is 23.2 Å². The van der Waals surface area contributed by atoms with Crippen LogP contribution in [0.4, 0.5) is 0 Å². The Morgan fingerprint density at radius 2 is 1.89 bits per heavy atom. The summed E-state index contributed by atoms with van der Waals surface area (Å²) in [5.41, 5.74) is 1.22. The number of halogens is 2. The van der Waals surface area contributed by atoms with E-state index in [-0.39, 0.29) is 29.8 Å². The zero-order valence-electron chi connectivity index (χ0n) is 20.1. The van der Waals surface area contributed by atoms with Crippen molar-refractivity contribution in [2.24, 2.45) is 5.92 Å². The third-order valence-corrected chi connectivity index (χ3v) is 9.84. The Morgan fingerprint density at radius 3 is 2.60 bits per heavy atom. The minimum Gasteiger partial charge on any atom is -0.487 e. The molecule has 190 valence electrons. The van der Waals surface area contributed by atoms with Gasteiger partial charge < -0.3 is 10.1 Å². The van der Waals surface area contributed by atoms with E-state index in [1.165, 1.54) is 4.31 Å². The van der Waals surface area contributed by atoms with Gasteiger partial charge in [-0.15, -0.1) is 0 Å². The molecular weight excluding hydrogens is 507 g/mol. The first kappa shape index (κ1) is 26.3. The maximum atomic E-state index is 13.4. The maximum Gasteiger partial charge on any atom is 0.224 e. The van der Waals surface area contributed by atoms with Gasteiger partial charge in [0.15, 0.2) is 0 Å². The lowest BCUT2D eigenvalue weighted by molar-refractivity contribution is -0.127. The Hall–Kier alpha value is -1.80. The van der Waals surface area contributed by atoms with E-state index in [0.29, 0.717) is 41.4 Å². The van der Waals surface area contributed by atoms with Crippen molar-refractivity contribution in [1.29, 1.82) is 0 Å². The SMILES string of the molecule is CCC1(CC)C[C@@H](NC(=O)[C@H]2CCCN(S(=O)(=O)Cc3ccc(Cl)c(Cl)c3)C2)c2ccccc2O1. The van der Waals surface area contributed by atoms with Gasteiger partial charge in [-0.2, -0.15) is 0 Å². The summed E-state index contributed by atoms with van der Waals surface area (Å²) in [5, 5.41) is 3.93. The lowest BCUT2D eigenvalue weighted by Crippen LogP contribution is -2.49. The Labute approximate surface area is 218 Å². The number of amides is 1. The molecule has 0 saturated carbocycles. The largest absolute Gasteiger partial charge is 0.487 e. The molecule has 1 fully saturated rings. The van der Waals surface area contributed by atoms with Gasteiger partial charge in [0.25, 0.3) is 0 Å². The molecular formula is C26H32Cl2N2O4S. The predicted octanol–water partition coefficient (Wildman–Crippen LogP) is 5.73. The number of ether oxygens (including phenoxy) is 1. The Bertz CT molecular complexity index is 1180. The van der Waals surface area contributed by atoms with Crippen molar-refractivity contribution in [3.8, 4) is 5.75 Å². The number of fused-ring (bicyclic) bond motifs is 1. The summed E-state index contributed by atoms with van der Waals surface area (Å²) < 4.78 is 34.1. The molecule has 2 aliphatic heterocycles. The van der Waals surface area contributed by atoms with E-state index in [1.807, 2.05) is 24.3 Å². The second-order valence-corrected chi connectivity index (χ2v) is 12.3. The summed E-state index contributed by atoms with van der Waals surface area (Å²) in [6.45, 7) is 4.79. The number of hydrogen-bond acceptors (Lipinski definition) is 4. The summed E-state index contributed by atoms with van der Waals surface area (Å²) >= 11 is 12.0. The number of nitrogens with one attached hydrogen (secondary N) is 1. The molecule has 35 heavy (non-hydrogen) atoms. The lowest BCUT2D eigenvalue weighted by Gasteiger charge is -2.42. The molecule has 0 unspecified atom stereocenters. The summed E-state index contributed by atoms with van der Waals surface area (Å²) in [7, 11) is -3.61. The molecule has 0 aliphatic carbocycles. The second kappa shape index (κ2) is 10.7. The first-order chi connectivity index (χ1) is 16.7. The van der Waals surface area contributed by atoms with Gasteiger partial charge in [0.05, 0.1) is 27.8 Å². The zero-order chi connectivity index (χ0) is 25.2. The fraction of sp³-hybridized carbons (Fsp3) is 0.500. The number of sulfonamides is 1. The number of nitrogens with zero attached hydrogens (tertiary/aromatic N) is 1. The van der Waals surface area contributed by atoms with Gasteiger partial charge in [-0.1, -0.05) is 61.3 Å². The molecule has 0 aromatic heterocycles. The van der Waals surface area contributed by atoms with Gasteiger partial charge >= 0.3 is 0 Å². The monoisotopic (exact) mass is 538 g/mol. The number of benzene rings is 2. The molecule has 1 amide bonds. The highest BCUT2D eigenvalue weighted by Crippen LogP contribution is 2.42. The first-order valence-electron chi connectivity index (χ1n) is 12.2. The number of carbonyl (C=O) groups excluding carboxylic acids is 1. The van der Waals surface area contributed by atoms with Crippen LogP contribution in [0, 0.1) is 5.92 Å². The summed E-state index contributed by atoms with van der Waals surface area (Å²) in [5.74, 6) is 0.116. The molecule has 1 saturated heterocycles. The smallest absolute Gasteiger partial charge is 0.224 e. The van der Waals surface area contributed by atoms with E-state index in [1.54, 1.807) is 18.2 Å². The number of carbonyl (C=O) groups is 1. The van der Waals surface area contributed by atoms with Crippen molar-refractivity contribution in [2.45, 2.75) is 63.3 Å². The second-order valence-electron chi connectivity index (χ2n) is 9.50. The molecule has 2 aromatic rings. The van der Waals surface area contributed by atoms with Crippen LogP contribution in [0.2, 0.25) is 10.0 Å². The third kappa shape index (κ3) is 5.79. The summed E-state index contributed by atoms with van der Waals surface area (Å²) in [6.07, 6.45) is 3.66. The van der Waals surface area contributed by atoms with Gasteiger partial charge in [-0.05, 0) is 49.4 Å². The van der Waals surface area contributed by atoms with E-state index in [4.69, 9.17) is 27.9 Å². The normalized spacial score (nSPS) is 22.2. The molecule has 6 nitrogen and oxygen atoms in total. The van der Waals surface area contributed by atoms with Crippen LogP contribution in [-0.4, -0.2) is 37.3 Å². The van der Waals surface area contributed by atoms with Gasteiger partial charge in [0, 0.05) is 25.1 Å². The number of para-hydroxylation sites is 1. The average molecular weight is 540 g/mol. The molecule has 0 radical (unpaired) electrons. The average Bonchev–Trinajstić information content (AvgIpc) is 2.86. The lowest BCUT2D eigenvalue weighted by atomic mass is 9.83. The van der Waals surface area contributed by atoms with Crippen molar-refractivity contribution >= 4 is 39.1 Å². The molecule has 2 aromatic carbocycles. The van der Waals surface area contributed by atoms with Crippen molar-refractivity contribution < 1.29 is 17.9 Å². The minimum atomic E-state index is -3.61. The predicted molar refractivity (Wildman–Crippen MR) is 139 cm³/mol. The highest BCUT2D eigenvalue weighted by Gasteiger charge is 2.40. The van der Waals surface area contributed by atoms with E-state index >= 15 is 0 Å². The van der Waals surface area contributed by atoms with Crippen molar-refractivity contribution in [3.05, 3.63) is 63.6 Å². The Kier molecular flexibility index (Phi) is 8.01. The van der Waals surface area contributed by atoms with Crippen molar-refractivity contribution in [3.63, 3.8) is 0 Å². The summed E-state index contributed by atoms with van der Waals surface area (Å²) in [4.78, 5) is 13.4. The molecule has 2 heterocycles. The van der Waals surface area contributed by atoms with Crippen LogP contribution in [0.3, 0.4) is 0 Å².